The third-order valence-corrected chi connectivity index (χ3v) is 3.14. The first-order valence-electron chi connectivity index (χ1n) is 6.50. The van der Waals surface area contributed by atoms with Crippen LogP contribution in [-0.4, -0.2) is 25.0 Å². The summed E-state index contributed by atoms with van der Waals surface area (Å²) in [7, 11) is 1.71. The van der Waals surface area contributed by atoms with Crippen LogP contribution in [-0.2, 0) is 4.79 Å². The van der Waals surface area contributed by atoms with Crippen LogP contribution >= 0.6 is 0 Å². The molecular formula is C13H26N2O. The van der Waals surface area contributed by atoms with E-state index in [9.17, 15) is 4.79 Å². The Morgan fingerprint density at radius 1 is 1.31 bits per heavy atom. The van der Waals surface area contributed by atoms with Crippen molar-refractivity contribution in [2.24, 2.45) is 11.8 Å². The van der Waals surface area contributed by atoms with E-state index < -0.39 is 0 Å². The normalized spacial score (nSPS) is 19.6. The third kappa shape index (κ3) is 4.97. The largest absolute Gasteiger partial charge is 0.358 e. The third-order valence-electron chi connectivity index (χ3n) is 3.14. The molecule has 0 spiro atoms. The van der Waals surface area contributed by atoms with Gasteiger partial charge in [0.25, 0.3) is 0 Å². The summed E-state index contributed by atoms with van der Waals surface area (Å²) in [6.45, 7) is 6.50. The van der Waals surface area contributed by atoms with E-state index in [4.69, 9.17) is 0 Å². The van der Waals surface area contributed by atoms with E-state index in [1.165, 1.54) is 19.3 Å². The Hall–Kier alpha value is -0.570. The van der Waals surface area contributed by atoms with Crippen LogP contribution in [0.2, 0.25) is 0 Å². The van der Waals surface area contributed by atoms with Crippen molar-refractivity contribution in [2.75, 3.05) is 7.05 Å². The lowest BCUT2D eigenvalue weighted by Gasteiger charge is -2.23. The molecule has 16 heavy (non-hydrogen) atoms. The summed E-state index contributed by atoms with van der Waals surface area (Å²) in [5.41, 5.74) is 0. The minimum absolute atomic E-state index is 0.0289. The Morgan fingerprint density at radius 3 is 2.38 bits per heavy atom. The van der Waals surface area contributed by atoms with Crippen molar-refractivity contribution < 1.29 is 4.79 Å². The smallest absolute Gasteiger partial charge is 0.236 e. The first-order valence-corrected chi connectivity index (χ1v) is 6.50. The molecule has 1 fully saturated rings. The van der Waals surface area contributed by atoms with Gasteiger partial charge >= 0.3 is 0 Å². The number of likely N-dealkylation sites (N-methyl/N-ethyl adjacent to an activating group) is 1. The Labute approximate surface area is 99.4 Å². The van der Waals surface area contributed by atoms with Gasteiger partial charge in [-0.1, -0.05) is 26.7 Å². The molecule has 1 saturated carbocycles. The van der Waals surface area contributed by atoms with Crippen molar-refractivity contribution in [1.29, 1.82) is 0 Å². The maximum atomic E-state index is 11.7. The second-order valence-electron chi connectivity index (χ2n) is 5.54. The molecule has 0 heterocycles. The molecule has 1 aliphatic rings. The number of hydrogen-bond donors (Lipinski definition) is 2. The van der Waals surface area contributed by atoms with Crippen LogP contribution in [0.1, 0.15) is 46.5 Å². The number of nitrogens with one attached hydrogen (secondary N) is 2. The fraction of sp³-hybridized carbons (Fsp3) is 0.923. The zero-order valence-electron chi connectivity index (χ0n) is 11.0. The van der Waals surface area contributed by atoms with Gasteiger partial charge in [0.05, 0.1) is 6.04 Å². The van der Waals surface area contributed by atoms with Gasteiger partial charge in [-0.05, 0) is 31.6 Å². The highest BCUT2D eigenvalue weighted by molar-refractivity contribution is 5.81. The number of rotatable bonds is 7. The fourth-order valence-corrected chi connectivity index (χ4v) is 2.16. The van der Waals surface area contributed by atoms with Crippen LogP contribution in [0.15, 0.2) is 0 Å². The van der Waals surface area contributed by atoms with E-state index in [0.29, 0.717) is 12.0 Å². The topological polar surface area (TPSA) is 41.1 Å². The summed E-state index contributed by atoms with van der Waals surface area (Å²) in [5.74, 6) is 1.58. The number of carbonyl (C=O) groups is 1. The van der Waals surface area contributed by atoms with E-state index in [1.807, 2.05) is 0 Å². The first kappa shape index (κ1) is 13.5. The molecule has 0 aromatic carbocycles. The van der Waals surface area contributed by atoms with Gasteiger partial charge in [-0.25, -0.2) is 0 Å². The summed E-state index contributed by atoms with van der Waals surface area (Å²) in [6.07, 6.45) is 4.88. The summed E-state index contributed by atoms with van der Waals surface area (Å²) in [6, 6.07) is 0.423. The molecule has 2 atom stereocenters. The monoisotopic (exact) mass is 226 g/mol. The number of hydrogen-bond acceptors (Lipinski definition) is 2. The fourth-order valence-electron chi connectivity index (χ4n) is 2.16. The molecule has 0 bridgehead atoms. The summed E-state index contributed by atoms with van der Waals surface area (Å²) < 4.78 is 0. The maximum absolute atomic E-state index is 11.7. The maximum Gasteiger partial charge on any atom is 0.236 e. The molecule has 2 unspecified atom stereocenters. The molecule has 0 aromatic rings. The Morgan fingerprint density at radius 2 is 1.94 bits per heavy atom. The van der Waals surface area contributed by atoms with Crippen molar-refractivity contribution >= 4 is 5.91 Å². The van der Waals surface area contributed by atoms with Gasteiger partial charge in [0.1, 0.15) is 0 Å². The van der Waals surface area contributed by atoms with Gasteiger partial charge in [-0.3, -0.25) is 4.79 Å². The predicted octanol–water partition coefficient (Wildman–Crippen LogP) is 1.93. The van der Waals surface area contributed by atoms with E-state index in [-0.39, 0.29) is 11.9 Å². The molecule has 0 aromatic heterocycles. The first-order chi connectivity index (χ1) is 7.52. The molecule has 1 amide bonds. The highest BCUT2D eigenvalue weighted by Gasteiger charge is 2.26. The molecule has 1 aliphatic carbocycles. The minimum atomic E-state index is -0.0289. The Balaban J connectivity index is 2.37. The average molecular weight is 226 g/mol. The Kier molecular flexibility index (Phi) is 5.26. The van der Waals surface area contributed by atoms with Gasteiger partial charge in [-0.2, -0.15) is 0 Å². The molecule has 0 saturated heterocycles. The number of amides is 1. The van der Waals surface area contributed by atoms with Crippen molar-refractivity contribution in [2.45, 2.75) is 58.5 Å². The van der Waals surface area contributed by atoms with Gasteiger partial charge < -0.3 is 10.6 Å². The molecule has 0 radical (unpaired) electrons. The highest BCUT2D eigenvalue weighted by atomic mass is 16.2. The van der Waals surface area contributed by atoms with Crippen molar-refractivity contribution in [3.8, 4) is 0 Å². The van der Waals surface area contributed by atoms with E-state index in [2.05, 4.69) is 31.4 Å². The molecule has 3 heteroatoms. The summed E-state index contributed by atoms with van der Waals surface area (Å²) in [4.78, 5) is 11.7. The lowest BCUT2D eigenvalue weighted by molar-refractivity contribution is -0.123. The molecule has 1 rings (SSSR count). The minimum Gasteiger partial charge on any atom is -0.358 e. The van der Waals surface area contributed by atoms with Crippen LogP contribution < -0.4 is 10.6 Å². The Bertz CT molecular complexity index is 224. The second kappa shape index (κ2) is 6.24. The van der Waals surface area contributed by atoms with Gasteiger partial charge in [0.2, 0.25) is 5.91 Å². The standard InChI is InChI=1S/C13H26N2O/c1-9(2)7-12(13(16)14-4)15-10(3)8-11-5-6-11/h9-12,15H,5-8H2,1-4H3,(H,14,16). The predicted molar refractivity (Wildman–Crippen MR) is 67.2 cm³/mol. The molecule has 0 aliphatic heterocycles. The SMILES string of the molecule is CNC(=O)C(CC(C)C)NC(C)CC1CC1. The van der Waals surface area contributed by atoms with E-state index >= 15 is 0 Å². The zero-order chi connectivity index (χ0) is 12.1. The van der Waals surface area contributed by atoms with Crippen LogP contribution in [0.25, 0.3) is 0 Å². The van der Waals surface area contributed by atoms with Crippen LogP contribution in [0.4, 0.5) is 0 Å². The molecular weight excluding hydrogens is 200 g/mol. The van der Waals surface area contributed by atoms with Gasteiger partial charge in [-0.15, -0.1) is 0 Å². The second-order valence-corrected chi connectivity index (χ2v) is 5.54. The zero-order valence-corrected chi connectivity index (χ0v) is 11.0. The van der Waals surface area contributed by atoms with Crippen LogP contribution in [0.3, 0.4) is 0 Å². The molecule has 94 valence electrons. The quantitative estimate of drug-likeness (QED) is 0.696. The van der Waals surface area contributed by atoms with E-state index in [0.717, 1.165) is 12.3 Å². The number of carbonyl (C=O) groups excluding carboxylic acids is 1. The van der Waals surface area contributed by atoms with E-state index in [1.54, 1.807) is 7.05 Å². The van der Waals surface area contributed by atoms with Crippen LogP contribution in [0.5, 0.6) is 0 Å². The summed E-state index contributed by atoms with van der Waals surface area (Å²) >= 11 is 0. The van der Waals surface area contributed by atoms with Crippen molar-refractivity contribution in [3.05, 3.63) is 0 Å². The lowest BCUT2D eigenvalue weighted by atomic mass is 10.0. The van der Waals surface area contributed by atoms with Gasteiger partial charge in [0.15, 0.2) is 0 Å². The highest BCUT2D eigenvalue weighted by Crippen LogP contribution is 2.33. The van der Waals surface area contributed by atoms with Gasteiger partial charge in [0, 0.05) is 13.1 Å². The molecule has 3 nitrogen and oxygen atoms in total. The lowest BCUT2D eigenvalue weighted by Crippen LogP contribution is -2.47. The van der Waals surface area contributed by atoms with Crippen molar-refractivity contribution in [1.82, 2.24) is 10.6 Å². The average Bonchev–Trinajstić information content (AvgIpc) is 2.98. The summed E-state index contributed by atoms with van der Waals surface area (Å²) in [5, 5.41) is 6.20. The van der Waals surface area contributed by atoms with Crippen LogP contribution in [0, 0.1) is 11.8 Å². The van der Waals surface area contributed by atoms with Crippen molar-refractivity contribution in [3.63, 3.8) is 0 Å². The molecule has 2 N–H and O–H groups in total.